The highest BCUT2D eigenvalue weighted by Gasteiger charge is 2.27. The van der Waals surface area contributed by atoms with Gasteiger partial charge in [0, 0.05) is 46.5 Å². The van der Waals surface area contributed by atoms with Gasteiger partial charge in [-0.3, -0.25) is 14.5 Å². The lowest BCUT2D eigenvalue weighted by Crippen LogP contribution is -2.46. The molecular weight excluding hydrogens is 328 g/mol. The van der Waals surface area contributed by atoms with E-state index in [1.54, 1.807) is 19.0 Å². The van der Waals surface area contributed by atoms with E-state index in [1.807, 2.05) is 18.2 Å². The minimum Gasteiger partial charge on any atom is -0.375 e. The molecule has 1 aromatic rings. The summed E-state index contributed by atoms with van der Waals surface area (Å²) in [6.45, 7) is 3.52. The van der Waals surface area contributed by atoms with Crippen LogP contribution in [0.25, 0.3) is 0 Å². The van der Waals surface area contributed by atoms with Crippen molar-refractivity contribution in [2.24, 2.45) is 5.92 Å². The van der Waals surface area contributed by atoms with E-state index in [0.717, 1.165) is 32.4 Å². The topological polar surface area (TPSA) is 55.9 Å². The van der Waals surface area contributed by atoms with Gasteiger partial charge < -0.3 is 15.1 Å². The summed E-state index contributed by atoms with van der Waals surface area (Å²) >= 11 is 0. The summed E-state index contributed by atoms with van der Waals surface area (Å²) in [5.41, 5.74) is 1.18. The number of rotatable bonds is 8. The van der Waals surface area contributed by atoms with Crippen molar-refractivity contribution in [2.45, 2.75) is 19.3 Å². The van der Waals surface area contributed by atoms with E-state index in [-0.39, 0.29) is 17.7 Å². The van der Waals surface area contributed by atoms with Gasteiger partial charge in [0.15, 0.2) is 0 Å². The second kappa shape index (κ2) is 10.2. The molecule has 1 aliphatic heterocycles. The Labute approximate surface area is 157 Å². The van der Waals surface area contributed by atoms with Crippen LogP contribution in [-0.4, -0.2) is 75.5 Å². The molecule has 0 spiro atoms. The molecule has 1 atom stereocenters. The zero-order valence-corrected chi connectivity index (χ0v) is 16.3. The van der Waals surface area contributed by atoms with Crippen LogP contribution in [0, 0.1) is 5.92 Å². The molecule has 0 saturated carbocycles. The predicted octanol–water partition coefficient (Wildman–Crippen LogP) is 1.43. The number of carbonyl (C=O) groups excluding carboxylic acids is 2. The molecule has 0 aliphatic carbocycles. The fourth-order valence-corrected chi connectivity index (χ4v) is 3.38. The van der Waals surface area contributed by atoms with Gasteiger partial charge >= 0.3 is 0 Å². The normalized spacial score (nSPS) is 17.6. The van der Waals surface area contributed by atoms with Gasteiger partial charge in [0.25, 0.3) is 0 Å². The maximum Gasteiger partial charge on any atom is 0.234 e. The SMILES string of the molecule is CN(C)C(=O)C1CCCN(CC(=O)NCCCN(C)c2ccccc2)C1. The Morgan fingerprint density at radius 3 is 2.62 bits per heavy atom. The van der Waals surface area contributed by atoms with Gasteiger partial charge in [-0.05, 0) is 37.9 Å². The van der Waals surface area contributed by atoms with Crippen molar-refractivity contribution in [2.75, 3.05) is 58.8 Å². The number of nitrogens with one attached hydrogen (secondary N) is 1. The zero-order chi connectivity index (χ0) is 18.9. The fourth-order valence-electron chi connectivity index (χ4n) is 3.38. The minimum absolute atomic E-state index is 0.0195. The number of hydrogen-bond acceptors (Lipinski definition) is 4. The Hall–Kier alpha value is -2.08. The third-order valence-corrected chi connectivity index (χ3v) is 4.85. The third kappa shape index (κ3) is 6.33. The van der Waals surface area contributed by atoms with Crippen molar-refractivity contribution in [3.05, 3.63) is 30.3 Å². The Balaban J connectivity index is 1.65. The molecule has 1 heterocycles. The molecular formula is C20H32N4O2. The van der Waals surface area contributed by atoms with Crippen LogP contribution in [0.2, 0.25) is 0 Å². The van der Waals surface area contributed by atoms with Crippen LogP contribution in [-0.2, 0) is 9.59 Å². The smallest absolute Gasteiger partial charge is 0.234 e. The van der Waals surface area contributed by atoms with E-state index in [1.165, 1.54) is 5.69 Å². The lowest BCUT2D eigenvalue weighted by molar-refractivity contribution is -0.135. The van der Waals surface area contributed by atoms with Gasteiger partial charge in [-0.15, -0.1) is 0 Å². The van der Waals surface area contributed by atoms with Crippen LogP contribution in [0.15, 0.2) is 30.3 Å². The number of likely N-dealkylation sites (tertiary alicyclic amines) is 1. The van der Waals surface area contributed by atoms with Crippen molar-refractivity contribution in [3.8, 4) is 0 Å². The second-order valence-corrected chi connectivity index (χ2v) is 7.27. The van der Waals surface area contributed by atoms with Crippen LogP contribution in [0.4, 0.5) is 5.69 Å². The van der Waals surface area contributed by atoms with E-state index in [4.69, 9.17) is 0 Å². The first kappa shape index (κ1) is 20.2. The van der Waals surface area contributed by atoms with Gasteiger partial charge in [-0.1, -0.05) is 18.2 Å². The lowest BCUT2D eigenvalue weighted by atomic mass is 9.97. The summed E-state index contributed by atoms with van der Waals surface area (Å²) in [6.07, 6.45) is 2.79. The van der Waals surface area contributed by atoms with E-state index < -0.39 is 0 Å². The van der Waals surface area contributed by atoms with Crippen molar-refractivity contribution >= 4 is 17.5 Å². The first-order valence-electron chi connectivity index (χ1n) is 9.43. The quantitative estimate of drug-likeness (QED) is 0.713. The molecule has 6 nitrogen and oxygen atoms in total. The second-order valence-electron chi connectivity index (χ2n) is 7.27. The molecule has 1 aliphatic rings. The maximum atomic E-state index is 12.2. The van der Waals surface area contributed by atoms with E-state index in [9.17, 15) is 9.59 Å². The first-order valence-corrected chi connectivity index (χ1v) is 9.43. The molecule has 1 fully saturated rings. The molecule has 26 heavy (non-hydrogen) atoms. The molecule has 1 N–H and O–H groups in total. The molecule has 144 valence electrons. The van der Waals surface area contributed by atoms with Gasteiger partial charge in [-0.2, -0.15) is 0 Å². The van der Waals surface area contributed by atoms with E-state index >= 15 is 0 Å². The summed E-state index contributed by atoms with van der Waals surface area (Å²) in [5.74, 6) is 0.232. The number of benzene rings is 1. The van der Waals surface area contributed by atoms with Gasteiger partial charge in [-0.25, -0.2) is 0 Å². The molecule has 0 bridgehead atoms. The fraction of sp³-hybridized carbons (Fsp3) is 0.600. The van der Waals surface area contributed by atoms with E-state index in [2.05, 4.69) is 34.3 Å². The Kier molecular flexibility index (Phi) is 7.91. The number of piperidine rings is 1. The van der Waals surface area contributed by atoms with Crippen LogP contribution in [0.5, 0.6) is 0 Å². The van der Waals surface area contributed by atoms with Crippen LogP contribution in [0.1, 0.15) is 19.3 Å². The summed E-state index contributed by atoms with van der Waals surface area (Å²) in [7, 11) is 5.65. The lowest BCUT2D eigenvalue weighted by Gasteiger charge is -2.32. The third-order valence-electron chi connectivity index (χ3n) is 4.85. The summed E-state index contributed by atoms with van der Waals surface area (Å²) in [5, 5.41) is 3.00. The molecule has 0 radical (unpaired) electrons. The Morgan fingerprint density at radius 1 is 1.19 bits per heavy atom. The van der Waals surface area contributed by atoms with Gasteiger partial charge in [0.2, 0.25) is 11.8 Å². The average Bonchev–Trinajstić information content (AvgIpc) is 2.65. The number of amides is 2. The van der Waals surface area contributed by atoms with Crippen LogP contribution < -0.4 is 10.2 Å². The van der Waals surface area contributed by atoms with Gasteiger partial charge in [0.05, 0.1) is 12.5 Å². The standard InChI is InChI=1S/C20H32N4O2/c1-22(2)20(26)17-9-7-14-24(15-17)16-19(25)21-12-8-13-23(3)18-10-5-4-6-11-18/h4-6,10-11,17H,7-9,12-16H2,1-3H3,(H,21,25). The number of carbonyl (C=O) groups is 2. The number of nitrogens with zero attached hydrogens (tertiary/aromatic N) is 3. The minimum atomic E-state index is 0.0195. The number of para-hydroxylation sites is 1. The van der Waals surface area contributed by atoms with Crippen molar-refractivity contribution < 1.29 is 9.59 Å². The largest absolute Gasteiger partial charge is 0.375 e. The first-order chi connectivity index (χ1) is 12.5. The highest BCUT2D eigenvalue weighted by atomic mass is 16.2. The maximum absolute atomic E-state index is 12.2. The van der Waals surface area contributed by atoms with Crippen LogP contribution in [0.3, 0.4) is 0 Å². The zero-order valence-electron chi connectivity index (χ0n) is 16.3. The van der Waals surface area contributed by atoms with Crippen molar-refractivity contribution in [1.82, 2.24) is 15.1 Å². The molecule has 0 aromatic heterocycles. The van der Waals surface area contributed by atoms with E-state index in [0.29, 0.717) is 19.6 Å². The van der Waals surface area contributed by atoms with Crippen LogP contribution >= 0.6 is 0 Å². The summed E-state index contributed by atoms with van der Waals surface area (Å²) in [4.78, 5) is 30.2. The average molecular weight is 361 g/mol. The summed E-state index contributed by atoms with van der Waals surface area (Å²) < 4.78 is 0. The summed E-state index contributed by atoms with van der Waals surface area (Å²) in [6, 6.07) is 10.2. The Bertz CT molecular complexity index is 576. The molecule has 2 rings (SSSR count). The molecule has 6 heteroatoms. The molecule has 2 amide bonds. The number of hydrogen-bond donors (Lipinski definition) is 1. The van der Waals surface area contributed by atoms with Gasteiger partial charge in [0.1, 0.15) is 0 Å². The number of anilines is 1. The highest BCUT2D eigenvalue weighted by molar-refractivity contribution is 5.79. The molecule has 1 saturated heterocycles. The predicted molar refractivity (Wildman–Crippen MR) is 105 cm³/mol. The highest BCUT2D eigenvalue weighted by Crippen LogP contribution is 2.17. The monoisotopic (exact) mass is 360 g/mol. The van der Waals surface area contributed by atoms with Crippen molar-refractivity contribution in [1.29, 1.82) is 0 Å². The Morgan fingerprint density at radius 2 is 1.92 bits per heavy atom. The molecule has 1 aromatic carbocycles. The molecule has 1 unspecified atom stereocenters. The van der Waals surface area contributed by atoms with Crippen molar-refractivity contribution in [3.63, 3.8) is 0 Å².